The van der Waals surface area contributed by atoms with Gasteiger partial charge < -0.3 is 9.47 Å². The van der Waals surface area contributed by atoms with Gasteiger partial charge in [0.2, 0.25) is 0 Å². The fourth-order valence-corrected chi connectivity index (χ4v) is 3.82. The molecule has 21 heavy (non-hydrogen) atoms. The van der Waals surface area contributed by atoms with Gasteiger partial charge in [-0.3, -0.25) is 11.3 Å². The predicted molar refractivity (Wildman–Crippen MR) is 81.0 cm³/mol. The Hall–Kier alpha value is -0.530. The first-order valence-corrected chi connectivity index (χ1v) is 8.06. The lowest BCUT2D eigenvalue weighted by molar-refractivity contribution is -0.103. The van der Waals surface area contributed by atoms with Crippen molar-refractivity contribution in [2.75, 3.05) is 19.8 Å². The molecule has 3 unspecified atom stereocenters. The number of benzene rings is 1. The van der Waals surface area contributed by atoms with Crippen LogP contribution in [0.25, 0.3) is 0 Å². The molecule has 0 aromatic heterocycles. The van der Waals surface area contributed by atoms with Crippen molar-refractivity contribution in [1.29, 1.82) is 0 Å². The quantitative estimate of drug-likeness (QED) is 0.644. The van der Waals surface area contributed by atoms with Crippen LogP contribution in [0.2, 0.25) is 0 Å². The summed E-state index contributed by atoms with van der Waals surface area (Å²) in [6.45, 7) is 2.14. The van der Waals surface area contributed by atoms with Crippen LogP contribution < -0.4 is 11.3 Å². The minimum absolute atomic E-state index is 0.0109. The van der Waals surface area contributed by atoms with Gasteiger partial charge in [0.05, 0.1) is 16.7 Å². The number of hydrazine groups is 1. The standard InChI is InChI=1S/C15H20BrFN2O2/c16-12-7-10(1-2-13(12)17)14(19-18)11-3-5-21-15(8-11)4-6-20-9-15/h1-2,7,11,14,19H,3-6,8-9,18H2. The molecule has 3 rings (SSSR count). The van der Waals surface area contributed by atoms with E-state index in [-0.39, 0.29) is 17.5 Å². The van der Waals surface area contributed by atoms with E-state index in [1.807, 2.05) is 0 Å². The van der Waals surface area contributed by atoms with Gasteiger partial charge in [0, 0.05) is 25.7 Å². The Balaban J connectivity index is 1.80. The summed E-state index contributed by atoms with van der Waals surface area (Å²) < 4.78 is 25.4. The molecule has 116 valence electrons. The molecular weight excluding hydrogens is 339 g/mol. The molecule has 1 spiro atoms. The molecule has 6 heteroatoms. The molecule has 0 saturated carbocycles. The third-order valence-corrected chi connectivity index (χ3v) is 5.16. The molecule has 0 amide bonds. The van der Waals surface area contributed by atoms with Crippen molar-refractivity contribution < 1.29 is 13.9 Å². The smallest absolute Gasteiger partial charge is 0.137 e. The van der Waals surface area contributed by atoms with Crippen LogP contribution in [0.3, 0.4) is 0 Å². The van der Waals surface area contributed by atoms with Gasteiger partial charge in [0.25, 0.3) is 0 Å². The number of hydrogen-bond donors (Lipinski definition) is 2. The molecule has 3 atom stereocenters. The van der Waals surface area contributed by atoms with Crippen LogP contribution in [0.15, 0.2) is 22.7 Å². The molecule has 2 fully saturated rings. The van der Waals surface area contributed by atoms with Crippen molar-refractivity contribution in [3.8, 4) is 0 Å². The normalized spacial score (nSPS) is 30.7. The summed E-state index contributed by atoms with van der Waals surface area (Å²) in [5, 5.41) is 0. The lowest BCUT2D eigenvalue weighted by atomic mass is 9.79. The average molecular weight is 359 g/mol. The average Bonchev–Trinajstić information content (AvgIpc) is 2.91. The Morgan fingerprint density at radius 1 is 1.43 bits per heavy atom. The lowest BCUT2D eigenvalue weighted by Gasteiger charge is -2.40. The summed E-state index contributed by atoms with van der Waals surface area (Å²) in [6.07, 6.45) is 2.79. The summed E-state index contributed by atoms with van der Waals surface area (Å²) in [7, 11) is 0. The Morgan fingerprint density at radius 3 is 2.95 bits per heavy atom. The molecule has 3 N–H and O–H groups in total. The summed E-state index contributed by atoms with van der Waals surface area (Å²) >= 11 is 3.24. The van der Waals surface area contributed by atoms with Crippen molar-refractivity contribution in [2.24, 2.45) is 11.8 Å². The van der Waals surface area contributed by atoms with Crippen molar-refractivity contribution >= 4 is 15.9 Å². The molecule has 0 radical (unpaired) electrons. The second-order valence-corrected chi connectivity index (χ2v) is 6.76. The van der Waals surface area contributed by atoms with Crippen LogP contribution in [-0.2, 0) is 9.47 Å². The first-order valence-electron chi connectivity index (χ1n) is 7.26. The molecule has 0 bridgehead atoms. The first-order chi connectivity index (χ1) is 10.1. The third kappa shape index (κ3) is 3.14. The molecule has 1 aromatic rings. The van der Waals surface area contributed by atoms with E-state index in [4.69, 9.17) is 15.3 Å². The van der Waals surface area contributed by atoms with Crippen molar-refractivity contribution in [3.05, 3.63) is 34.1 Å². The van der Waals surface area contributed by atoms with Crippen LogP contribution >= 0.6 is 15.9 Å². The minimum atomic E-state index is -0.262. The van der Waals surface area contributed by atoms with Crippen molar-refractivity contribution in [3.63, 3.8) is 0 Å². The zero-order valence-electron chi connectivity index (χ0n) is 11.8. The Labute approximate surface area is 132 Å². The molecule has 0 aliphatic carbocycles. The predicted octanol–water partition coefficient (Wildman–Crippen LogP) is 2.68. The molecule has 4 nitrogen and oxygen atoms in total. The summed E-state index contributed by atoms with van der Waals surface area (Å²) in [4.78, 5) is 0. The fraction of sp³-hybridized carbons (Fsp3) is 0.600. The number of nitrogens with one attached hydrogen (secondary N) is 1. The van der Waals surface area contributed by atoms with E-state index in [0.717, 1.165) is 31.4 Å². The summed E-state index contributed by atoms with van der Waals surface area (Å²) in [5.74, 6) is 5.87. The number of hydrogen-bond acceptors (Lipinski definition) is 4. The topological polar surface area (TPSA) is 56.5 Å². The van der Waals surface area contributed by atoms with Crippen LogP contribution in [0.5, 0.6) is 0 Å². The van der Waals surface area contributed by atoms with E-state index in [2.05, 4.69) is 21.4 Å². The second kappa shape index (κ2) is 6.30. The molecule has 2 heterocycles. The van der Waals surface area contributed by atoms with Crippen LogP contribution in [0.4, 0.5) is 4.39 Å². The van der Waals surface area contributed by atoms with Crippen LogP contribution in [0.1, 0.15) is 30.9 Å². The van der Waals surface area contributed by atoms with Crippen molar-refractivity contribution in [1.82, 2.24) is 5.43 Å². The summed E-state index contributed by atoms with van der Waals surface area (Å²) in [6, 6.07) is 5.05. The number of nitrogens with two attached hydrogens (primary N) is 1. The Kier molecular flexibility index (Phi) is 4.61. The molecule has 2 saturated heterocycles. The van der Waals surface area contributed by atoms with Gasteiger partial charge in [-0.1, -0.05) is 6.07 Å². The highest BCUT2D eigenvalue weighted by atomic mass is 79.9. The highest BCUT2D eigenvalue weighted by Gasteiger charge is 2.43. The van der Waals surface area contributed by atoms with Crippen molar-refractivity contribution in [2.45, 2.75) is 30.9 Å². The van der Waals surface area contributed by atoms with Gasteiger partial charge in [-0.2, -0.15) is 0 Å². The zero-order valence-corrected chi connectivity index (χ0v) is 13.4. The van der Waals surface area contributed by atoms with E-state index >= 15 is 0 Å². The third-order valence-electron chi connectivity index (χ3n) is 4.55. The van der Waals surface area contributed by atoms with Gasteiger partial charge in [-0.25, -0.2) is 4.39 Å². The number of ether oxygens (including phenoxy) is 2. The van der Waals surface area contributed by atoms with Crippen LogP contribution in [-0.4, -0.2) is 25.4 Å². The Morgan fingerprint density at radius 2 is 2.29 bits per heavy atom. The van der Waals surface area contributed by atoms with Gasteiger partial charge in [0.1, 0.15) is 5.82 Å². The van der Waals surface area contributed by atoms with Crippen LogP contribution in [0, 0.1) is 11.7 Å². The number of rotatable bonds is 3. The monoisotopic (exact) mass is 358 g/mol. The number of halogens is 2. The molecule has 1 aromatic carbocycles. The maximum atomic E-state index is 13.4. The van der Waals surface area contributed by atoms with E-state index in [0.29, 0.717) is 23.6 Å². The highest BCUT2D eigenvalue weighted by Crippen LogP contribution is 2.41. The van der Waals surface area contributed by atoms with Gasteiger partial charge >= 0.3 is 0 Å². The maximum Gasteiger partial charge on any atom is 0.137 e. The molecular formula is C15H20BrFN2O2. The maximum absolute atomic E-state index is 13.4. The van der Waals surface area contributed by atoms with E-state index < -0.39 is 0 Å². The van der Waals surface area contributed by atoms with E-state index in [9.17, 15) is 4.39 Å². The molecule has 2 aliphatic heterocycles. The second-order valence-electron chi connectivity index (χ2n) is 5.90. The Bertz CT molecular complexity index is 508. The van der Waals surface area contributed by atoms with Gasteiger partial charge in [-0.15, -0.1) is 0 Å². The summed E-state index contributed by atoms with van der Waals surface area (Å²) in [5.41, 5.74) is 3.74. The van der Waals surface area contributed by atoms with E-state index in [1.165, 1.54) is 6.07 Å². The molecule has 2 aliphatic rings. The lowest BCUT2D eigenvalue weighted by Crippen LogP contribution is -2.45. The minimum Gasteiger partial charge on any atom is -0.378 e. The van der Waals surface area contributed by atoms with Gasteiger partial charge in [0.15, 0.2) is 0 Å². The van der Waals surface area contributed by atoms with E-state index in [1.54, 1.807) is 12.1 Å². The fourth-order valence-electron chi connectivity index (χ4n) is 3.42. The largest absolute Gasteiger partial charge is 0.378 e. The first kappa shape index (κ1) is 15.4. The highest BCUT2D eigenvalue weighted by molar-refractivity contribution is 9.10. The SMILES string of the molecule is NNC(c1ccc(F)c(Br)c1)C1CCOC2(CCOC2)C1. The zero-order chi connectivity index (χ0) is 14.9. The van der Waals surface area contributed by atoms with Gasteiger partial charge in [-0.05, 0) is 52.4 Å².